The minimum atomic E-state index is -1.12. The van der Waals surface area contributed by atoms with E-state index in [9.17, 15) is 19.5 Å². The van der Waals surface area contributed by atoms with Crippen molar-refractivity contribution in [1.29, 1.82) is 0 Å². The number of hydrogen-bond acceptors (Lipinski definition) is 5. The number of ether oxygens (including phenoxy) is 2. The number of cyclic esters (lactones) is 1. The highest BCUT2D eigenvalue weighted by Crippen LogP contribution is 2.35. The number of unbranched alkanes of at least 4 members (excludes halogenated alkanes) is 11. The van der Waals surface area contributed by atoms with Crippen molar-refractivity contribution in [3.8, 4) is 0 Å². The molecule has 1 saturated heterocycles. The highest BCUT2D eigenvalue weighted by molar-refractivity contribution is 5.79. The van der Waals surface area contributed by atoms with Crippen LogP contribution in [0.3, 0.4) is 0 Å². The van der Waals surface area contributed by atoms with Gasteiger partial charge in [-0.15, -0.1) is 0 Å². The first-order chi connectivity index (χ1) is 15.9. The molecule has 2 unspecified atom stereocenters. The van der Waals surface area contributed by atoms with Crippen LogP contribution in [0.2, 0.25) is 0 Å². The maximum absolute atomic E-state index is 12.0. The number of amides is 1. The van der Waals surface area contributed by atoms with Crippen molar-refractivity contribution >= 4 is 17.8 Å². The Labute approximate surface area is 200 Å². The molecule has 0 aromatic heterocycles. The summed E-state index contributed by atoms with van der Waals surface area (Å²) in [6, 6.07) is 0. The summed E-state index contributed by atoms with van der Waals surface area (Å²) < 4.78 is 10.8. The monoisotopic (exact) mass is 469 g/mol. The Morgan fingerprint density at radius 2 is 1.48 bits per heavy atom. The van der Waals surface area contributed by atoms with Crippen LogP contribution in [0.25, 0.3) is 0 Å². The van der Waals surface area contributed by atoms with Crippen molar-refractivity contribution in [1.82, 2.24) is 0 Å². The van der Waals surface area contributed by atoms with E-state index in [0.29, 0.717) is 12.8 Å². The Morgan fingerprint density at radius 3 is 2.00 bits per heavy atom. The third-order valence-electron chi connectivity index (χ3n) is 6.68. The van der Waals surface area contributed by atoms with Gasteiger partial charge in [-0.3, -0.25) is 9.59 Å². The van der Waals surface area contributed by atoms with Crippen LogP contribution in [-0.2, 0) is 23.9 Å². The van der Waals surface area contributed by atoms with Crippen molar-refractivity contribution in [3.05, 3.63) is 0 Å². The zero-order valence-electron chi connectivity index (χ0n) is 20.9. The molecule has 1 amide bonds. The molecule has 0 aliphatic carbocycles. The Balaban J connectivity index is 2.57. The molecule has 0 radical (unpaired) electrons. The quantitative estimate of drug-likeness (QED) is 0.162. The predicted molar refractivity (Wildman–Crippen MR) is 129 cm³/mol. The SMILES string of the molecule is CCCCCCCCCCCC(C[C@@H]1OC(=O)[C@H]1CCCCCC)C(OCC(N)=O)C(=O)O. The average Bonchev–Trinajstić information content (AvgIpc) is 2.76. The van der Waals surface area contributed by atoms with Crippen LogP contribution in [0.4, 0.5) is 0 Å². The highest BCUT2D eigenvalue weighted by atomic mass is 16.6. The van der Waals surface area contributed by atoms with Crippen molar-refractivity contribution in [2.24, 2.45) is 17.6 Å². The molecule has 1 heterocycles. The molecule has 4 atom stereocenters. The number of hydrogen-bond donors (Lipinski definition) is 2. The summed E-state index contributed by atoms with van der Waals surface area (Å²) in [6.45, 7) is 3.94. The topological polar surface area (TPSA) is 116 Å². The van der Waals surface area contributed by atoms with Crippen molar-refractivity contribution in [2.45, 2.75) is 129 Å². The van der Waals surface area contributed by atoms with E-state index in [4.69, 9.17) is 15.2 Å². The van der Waals surface area contributed by atoms with Gasteiger partial charge in [0.25, 0.3) is 0 Å². The number of carboxylic acid groups (broad SMARTS) is 1. The van der Waals surface area contributed by atoms with E-state index < -0.39 is 24.6 Å². The Kier molecular flexibility index (Phi) is 15.9. The van der Waals surface area contributed by atoms with Gasteiger partial charge in [0.05, 0.1) is 5.92 Å². The highest BCUT2D eigenvalue weighted by Gasteiger charge is 2.44. The van der Waals surface area contributed by atoms with Crippen molar-refractivity contribution in [2.75, 3.05) is 6.61 Å². The molecule has 7 nitrogen and oxygen atoms in total. The maximum Gasteiger partial charge on any atom is 0.333 e. The molecule has 1 rings (SSSR count). The largest absolute Gasteiger partial charge is 0.479 e. The maximum atomic E-state index is 12.0. The van der Waals surface area contributed by atoms with Crippen molar-refractivity contribution < 1.29 is 29.0 Å². The summed E-state index contributed by atoms with van der Waals surface area (Å²) in [5.74, 6) is -2.43. The lowest BCUT2D eigenvalue weighted by Gasteiger charge is -2.38. The standard InChI is InChI=1S/C26H47NO6/c1-3-5-7-9-10-11-12-13-14-16-20(24(25(29)30)32-19-23(27)28)18-22-21(26(31)33-22)17-15-8-6-4-2/h20-22,24H,3-19H2,1-2H3,(H2,27,28)(H,29,30)/t20?,21-,22-,24?/m0/s1. The number of carbonyl (C=O) groups excluding carboxylic acids is 2. The molecule has 7 heteroatoms. The van der Waals surface area contributed by atoms with Crippen LogP contribution in [0, 0.1) is 11.8 Å². The second-order valence-corrected chi connectivity index (χ2v) is 9.58. The van der Waals surface area contributed by atoms with Crippen LogP contribution in [0.1, 0.15) is 117 Å². The first-order valence-corrected chi connectivity index (χ1v) is 13.2. The van der Waals surface area contributed by atoms with E-state index in [2.05, 4.69) is 13.8 Å². The second-order valence-electron chi connectivity index (χ2n) is 9.58. The lowest BCUT2D eigenvalue weighted by molar-refractivity contribution is -0.189. The van der Waals surface area contributed by atoms with Crippen molar-refractivity contribution in [3.63, 3.8) is 0 Å². The van der Waals surface area contributed by atoms with E-state index in [1.54, 1.807) is 0 Å². The summed E-state index contributed by atoms with van der Waals surface area (Å²) in [5.41, 5.74) is 5.17. The number of carbonyl (C=O) groups is 3. The van der Waals surface area contributed by atoms with E-state index in [1.165, 1.54) is 38.5 Å². The minimum Gasteiger partial charge on any atom is -0.479 e. The van der Waals surface area contributed by atoms with Gasteiger partial charge in [-0.1, -0.05) is 97.3 Å². The molecule has 0 saturated carbocycles. The molecule has 0 spiro atoms. The fourth-order valence-corrected chi connectivity index (χ4v) is 4.69. The number of carboxylic acids is 1. The molecule has 3 N–H and O–H groups in total. The first kappa shape index (κ1) is 29.4. The first-order valence-electron chi connectivity index (χ1n) is 13.2. The van der Waals surface area contributed by atoms with Gasteiger partial charge in [-0.2, -0.15) is 0 Å². The van der Waals surface area contributed by atoms with Crippen LogP contribution < -0.4 is 5.73 Å². The zero-order valence-corrected chi connectivity index (χ0v) is 20.9. The van der Waals surface area contributed by atoms with E-state index in [-0.39, 0.29) is 23.9 Å². The fraction of sp³-hybridized carbons (Fsp3) is 0.885. The zero-order chi connectivity index (χ0) is 24.5. The van der Waals surface area contributed by atoms with Crippen LogP contribution >= 0.6 is 0 Å². The Morgan fingerprint density at radius 1 is 0.939 bits per heavy atom. The van der Waals surface area contributed by atoms with Crippen LogP contribution in [0.5, 0.6) is 0 Å². The van der Waals surface area contributed by atoms with Gasteiger partial charge >= 0.3 is 11.9 Å². The molecule has 192 valence electrons. The normalized spacial score (nSPS) is 19.5. The summed E-state index contributed by atoms with van der Waals surface area (Å²) in [6.07, 6.45) is 15.5. The molecule has 1 aliphatic rings. The van der Waals surface area contributed by atoms with Gasteiger partial charge in [0.15, 0.2) is 6.10 Å². The van der Waals surface area contributed by atoms with Crippen LogP contribution in [-0.4, -0.2) is 41.8 Å². The molecule has 0 aromatic rings. The number of nitrogens with two attached hydrogens (primary N) is 1. The molecule has 33 heavy (non-hydrogen) atoms. The predicted octanol–water partition coefficient (Wildman–Crippen LogP) is 5.38. The van der Waals surface area contributed by atoms with Gasteiger partial charge < -0.3 is 20.3 Å². The Hall–Kier alpha value is -1.63. The third kappa shape index (κ3) is 12.4. The molecule has 0 bridgehead atoms. The van der Waals surface area contributed by atoms with Gasteiger partial charge in [-0.05, 0) is 25.2 Å². The summed E-state index contributed by atoms with van der Waals surface area (Å²) in [7, 11) is 0. The lowest BCUT2D eigenvalue weighted by atomic mass is 9.81. The number of primary amides is 1. The van der Waals surface area contributed by atoms with Crippen LogP contribution in [0.15, 0.2) is 0 Å². The van der Waals surface area contributed by atoms with Gasteiger partial charge in [0.2, 0.25) is 5.91 Å². The van der Waals surface area contributed by atoms with E-state index in [1.807, 2.05) is 0 Å². The summed E-state index contributed by atoms with van der Waals surface area (Å²) in [5, 5.41) is 9.74. The summed E-state index contributed by atoms with van der Waals surface area (Å²) >= 11 is 0. The molecular weight excluding hydrogens is 422 g/mol. The fourth-order valence-electron chi connectivity index (χ4n) is 4.69. The molecule has 1 fully saturated rings. The number of rotatable bonds is 22. The Bertz CT molecular complexity index is 567. The van der Waals surface area contributed by atoms with Gasteiger partial charge in [0, 0.05) is 0 Å². The minimum absolute atomic E-state index is 0.155. The molecular formula is C26H47NO6. The number of esters is 1. The van der Waals surface area contributed by atoms with Gasteiger partial charge in [0.1, 0.15) is 12.7 Å². The van der Waals surface area contributed by atoms with E-state index >= 15 is 0 Å². The smallest absolute Gasteiger partial charge is 0.333 e. The van der Waals surface area contributed by atoms with Gasteiger partial charge in [-0.25, -0.2) is 4.79 Å². The second kappa shape index (κ2) is 17.8. The van der Waals surface area contributed by atoms with E-state index in [0.717, 1.165) is 51.4 Å². The molecule has 0 aromatic carbocycles. The summed E-state index contributed by atoms with van der Waals surface area (Å²) in [4.78, 5) is 35.1. The third-order valence-corrected chi connectivity index (χ3v) is 6.68. The number of aliphatic carboxylic acids is 1. The average molecular weight is 470 g/mol. The lowest BCUT2D eigenvalue weighted by Crippen LogP contribution is -2.48. The molecule has 1 aliphatic heterocycles.